The van der Waals surface area contributed by atoms with Crippen LogP contribution in [0.1, 0.15) is 25.0 Å². The zero-order valence-corrected chi connectivity index (χ0v) is 8.25. The standard InChI is InChI=1S/C11H17NO/c1-11(2,12)7-9-4-3-5-10(6-9)8-13/h3-6,13H,7-8,12H2,1-2H3. The van der Waals surface area contributed by atoms with E-state index in [9.17, 15) is 0 Å². The molecule has 0 spiro atoms. The van der Waals surface area contributed by atoms with Crippen molar-refractivity contribution in [2.24, 2.45) is 5.73 Å². The number of rotatable bonds is 3. The van der Waals surface area contributed by atoms with E-state index in [-0.39, 0.29) is 12.1 Å². The molecule has 0 aromatic heterocycles. The zero-order valence-electron chi connectivity index (χ0n) is 8.25. The van der Waals surface area contributed by atoms with Crippen LogP contribution in [0.2, 0.25) is 0 Å². The Kier molecular flexibility index (Phi) is 3.07. The Morgan fingerprint density at radius 1 is 1.31 bits per heavy atom. The summed E-state index contributed by atoms with van der Waals surface area (Å²) in [5.41, 5.74) is 7.84. The molecule has 0 saturated heterocycles. The average molecular weight is 179 g/mol. The molecule has 1 aromatic carbocycles. The first-order chi connectivity index (χ1) is 6.01. The summed E-state index contributed by atoms with van der Waals surface area (Å²) in [5, 5.41) is 8.93. The molecule has 0 unspecified atom stereocenters. The lowest BCUT2D eigenvalue weighted by molar-refractivity contribution is 0.281. The summed E-state index contributed by atoms with van der Waals surface area (Å²) in [6, 6.07) is 7.89. The van der Waals surface area contributed by atoms with Gasteiger partial charge in [0.2, 0.25) is 0 Å². The van der Waals surface area contributed by atoms with E-state index >= 15 is 0 Å². The molecule has 2 nitrogen and oxygen atoms in total. The Bertz CT molecular complexity index is 276. The molecule has 0 heterocycles. The summed E-state index contributed by atoms with van der Waals surface area (Å²) in [5.74, 6) is 0. The molecule has 3 N–H and O–H groups in total. The molecule has 72 valence electrons. The molecule has 1 aromatic rings. The molecule has 0 aliphatic heterocycles. The van der Waals surface area contributed by atoms with Crippen LogP contribution in [0.5, 0.6) is 0 Å². The van der Waals surface area contributed by atoms with Gasteiger partial charge in [-0.25, -0.2) is 0 Å². The summed E-state index contributed by atoms with van der Waals surface area (Å²) >= 11 is 0. The van der Waals surface area contributed by atoms with Crippen LogP contribution in [0, 0.1) is 0 Å². The van der Waals surface area contributed by atoms with Crippen LogP contribution in [-0.4, -0.2) is 10.6 Å². The third kappa shape index (κ3) is 3.57. The van der Waals surface area contributed by atoms with E-state index in [4.69, 9.17) is 10.8 Å². The normalized spacial score (nSPS) is 11.7. The third-order valence-corrected chi connectivity index (χ3v) is 1.83. The van der Waals surface area contributed by atoms with Gasteiger partial charge in [-0.15, -0.1) is 0 Å². The first-order valence-corrected chi connectivity index (χ1v) is 4.49. The van der Waals surface area contributed by atoms with Crippen LogP contribution in [0.4, 0.5) is 0 Å². The maximum absolute atomic E-state index is 8.93. The van der Waals surface area contributed by atoms with E-state index in [0.717, 1.165) is 12.0 Å². The number of benzene rings is 1. The van der Waals surface area contributed by atoms with Crippen LogP contribution >= 0.6 is 0 Å². The van der Waals surface area contributed by atoms with Crippen LogP contribution in [0.25, 0.3) is 0 Å². The van der Waals surface area contributed by atoms with Crippen molar-refractivity contribution in [1.29, 1.82) is 0 Å². The van der Waals surface area contributed by atoms with Crippen molar-refractivity contribution in [1.82, 2.24) is 0 Å². The Balaban J connectivity index is 2.78. The van der Waals surface area contributed by atoms with Crippen molar-refractivity contribution in [2.45, 2.75) is 32.4 Å². The molecule has 2 heteroatoms. The zero-order chi connectivity index (χ0) is 9.90. The topological polar surface area (TPSA) is 46.2 Å². The highest BCUT2D eigenvalue weighted by Gasteiger charge is 2.11. The SMILES string of the molecule is CC(C)(N)Cc1cccc(CO)c1. The Morgan fingerprint density at radius 2 is 1.92 bits per heavy atom. The maximum atomic E-state index is 8.93. The molecule has 0 bridgehead atoms. The van der Waals surface area contributed by atoms with Gasteiger partial charge >= 0.3 is 0 Å². The number of aliphatic hydroxyl groups is 1. The molecule has 0 aliphatic carbocycles. The number of nitrogens with two attached hydrogens (primary N) is 1. The predicted molar refractivity (Wildman–Crippen MR) is 54.3 cm³/mol. The molecular weight excluding hydrogens is 162 g/mol. The van der Waals surface area contributed by atoms with Gasteiger partial charge in [0, 0.05) is 5.54 Å². The second-order valence-corrected chi connectivity index (χ2v) is 4.14. The number of aliphatic hydroxyl groups excluding tert-OH is 1. The molecule has 0 radical (unpaired) electrons. The second kappa shape index (κ2) is 3.90. The average Bonchev–Trinajstić information content (AvgIpc) is 2.01. The first-order valence-electron chi connectivity index (χ1n) is 4.49. The van der Waals surface area contributed by atoms with E-state index in [1.165, 1.54) is 5.56 Å². The molecule has 0 aliphatic rings. The van der Waals surface area contributed by atoms with E-state index in [1.807, 2.05) is 38.1 Å². The molecule has 0 amide bonds. The monoisotopic (exact) mass is 179 g/mol. The molecule has 1 rings (SSSR count). The van der Waals surface area contributed by atoms with Gasteiger partial charge in [-0.1, -0.05) is 24.3 Å². The summed E-state index contributed by atoms with van der Waals surface area (Å²) in [6.07, 6.45) is 0.834. The van der Waals surface area contributed by atoms with Gasteiger partial charge in [-0.2, -0.15) is 0 Å². The van der Waals surface area contributed by atoms with Crippen molar-refractivity contribution in [3.63, 3.8) is 0 Å². The van der Waals surface area contributed by atoms with Crippen molar-refractivity contribution < 1.29 is 5.11 Å². The Hall–Kier alpha value is -0.860. The Morgan fingerprint density at radius 3 is 2.46 bits per heavy atom. The number of hydrogen-bond donors (Lipinski definition) is 2. The molecule has 13 heavy (non-hydrogen) atoms. The van der Waals surface area contributed by atoms with Gasteiger partial charge in [0.15, 0.2) is 0 Å². The summed E-state index contributed by atoms with van der Waals surface area (Å²) in [6.45, 7) is 4.09. The second-order valence-electron chi connectivity index (χ2n) is 4.14. The van der Waals surface area contributed by atoms with E-state index in [1.54, 1.807) is 0 Å². The summed E-state index contributed by atoms with van der Waals surface area (Å²) in [7, 11) is 0. The summed E-state index contributed by atoms with van der Waals surface area (Å²) < 4.78 is 0. The highest BCUT2D eigenvalue weighted by molar-refractivity contribution is 5.24. The molecule has 0 fully saturated rings. The highest BCUT2D eigenvalue weighted by atomic mass is 16.3. The van der Waals surface area contributed by atoms with E-state index < -0.39 is 0 Å². The molecule has 0 atom stereocenters. The van der Waals surface area contributed by atoms with Crippen LogP contribution in [0.15, 0.2) is 24.3 Å². The van der Waals surface area contributed by atoms with Gasteiger partial charge in [0.25, 0.3) is 0 Å². The van der Waals surface area contributed by atoms with Gasteiger partial charge in [0.05, 0.1) is 6.61 Å². The first kappa shape index (κ1) is 10.2. The van der Waals surface area contributed by atoms with Crippen LogP contribution in [-0.2, 0) is 13.0 Å². The van der Waals surface area contributed by atoms with E-state index in [2.05, 4.69) is 0 Å². The fraction of sp³-hybridized carbons (Fsp3) is 0.455. The maximum Gasteiger partial charge on any atom is 0.0681 e. The lowest BCUT2D eigenvalue weighted by atomic mass is 9.95. The fourth-order valence-electron chi connectivity index (χ4n) is 1.36. The summed E-state index contributed by atoms with van der Waals surface area (Å²) in [4.78, 5) is 0. The lowest BCUT2D eigenvalue weighted by Gasteiger charge is -2.18. The highest BCUT2D eigenvalue weighted by Crippen LogP contribution is 2.11. The smallest absolute Gasteiger partial charge is 0.0681 e. The minimum Gasteiger partial charge on any atom is -0.392 e. The number of hydrogen-bond acceptors (Lipinski definition) is 2. The quantitative estimate of drug-likeness (QED) is 0.738. The van der Waals surface area contributed by atoms with Gasteiger partial charge in [0.1, 0.15) is 0 Å². The van der Waals surface area contributed by atoms with E-state index in [0.29, 0.717) is 0 Å². The third-order valence-electron chi connectivity index (χ3n) is 1.83. The molecule has 0 saturated carbocycles. The van der Waals surface area contributed by atoms with Crippen molar-refractivity contribution >= 4 is 0 Å². The predicted octanol–water partition coefficient (Wildman–Crippen LogP) is 1.46. The minimum atomic E-state index is -0.186. The van der Waals surface area contributed by atoms with Gasteiger partial charge in [-0.05, 0) is 31.4 Å². The lowest BCUT2D eigenvalue weighted by Crippen LogP contribution is -2.34. The largest absolute Gasteiger partial charge is 0.392 e. The van der Waals surface area contributed by atoms with Crippen LogP contribution < -0.4 is 5.73 Å². The fourth-order valence-corrected chi connectivity index (χ4v) is 1.36. The Labute approximate surface area is 79.4 Å². The van der Waals surface area contributed by atoms with Crippen molar-refractivity contribution in [2.75, 3.05) is 0 Å². The minimum absolute atomic E-state index is 0.0961. The van der Waals surface area contributed by atoms with Crippen LogP contribution in [0.3, 0.4) is 0 Å². The van der Waals surface area contributed by atoms with Gasteiger partial charge in [-0.3, -0.25) is 0 Å². The van der Waals surface area contributed by atoms with Crippen molar-refractivity contribution in [3.8, 4) is 0 Å². The van der Waals surface area contributed by atoms with Crippen molar-refractivity contribution in [3.05, 3.63) is 35.4 Å². The molecular formula is C11H17NO. The van der Waals surface area contributed by atoms with Gasteiger partial charge < -0.3 is 10.8 Å².